The van der Waals surface area contributed by atoms with E-state index < -0.39 is 0 Å². The highest BCUT2D eigenvalue weighted by Crippen LogP contribution is 2.28. The molecule has 0 saturated carbocycles. The Hall–Kier alpha value is -0.0300. The molecule has 2 unspecified atom stereocenters. The average Bonchev–Trinajstić information content (AvgIpc) is 2.68. The van der Waals surface area contributed by atoms with Crippen molar-refractivity contribution in [2.45, 2.75) is 58.2 Å². The largest absolute Gasteiger partial charge is 0.312 e. The molecule has 2 nitrogen and oxygen atoms in total. The van der Waals surface area contributed by atoms with Gasteiger partial charge in [0.2, 0.25) is 0 Å². The highest BCUT2D eigenvalue weighted by Gasteiger charge is 2.22. The maximum absolute atomic E-state index is 3.55. The van der Waals surface area contributed by atoms with Gasteiger partial charge >= 0.3 is 0 Å². The zero-order valence-corrected chi connectivity index (χ0v) is 15.7. The first-order chi connectivity index (χ1) is 9.94. The third-order valence-electron chi connectivity index (χ3n) is 3.81. The minimum atomic E-state index is 0.722. The van der Waals surface area contributed by atoms with Crippen molar-refractivity contribution >= 4 is 23.1 Å². The summed E-state index contributed by atoms with van der Waals surface area (Å²) in [7, 11) is 0. The Bertz CT molecular complexity index is 432. The molecule has 4 heteroatoms. The van der Waals surface area contributed by atoms with Crippen molar-refractivity contribution in [2.24, 2.45) is 5.92 Å². The van der Waals surface area contributed by atoms with Crippen LogP contribution in [0.1, 0.15) is 43.0 Å². The maximum atomic E-state index is 3.55. The first-order valence-electron chi connectivity index (χ1n) is 8.10. The van der Waals surface area contributed by atoms with Crippen LogP contribution in [-0.2, 0) is 13.1 Å². The van der Waals surface area contributed by atoms with Gasteiger partial charge in [-0.3, -0.25) is 4.90 Å². The van der Waals surface area contributed by atoms with Gasteiger partial charge in [0, 0.05) is 46.4 Å². The van der Waals surface area contributed by atoms with Crippen LogP contribution < -0.4 is 5.32 Å². The molecule has 120 valence electrons. The van der Waals surface area contributed by atoms with E-state index in [0.29, 0.717) is 0 Å². The third kappa shape index (κ3) is 5.59. The second-order valence-corrected chi connectivity index (χ2v) is 9.99. The summed E-state index contributed by atoms with van der Waals surface area (Å²) in [5.74, 6) is 0.722. The number of thiophene rings is 1. The van der Waals surface area contributed by atoms with E-state index in [1.54, 1.807) is 0 Å². The molecule has 0 aromatic carbocycles. The fourth-order valence-electron chi connectivity index (χ4n) is 2.97. The van der Waals surface area contributed by atoms with Gasteiger partial charge in [0.1, 0.15) is 0 Å². The molecule has 1 N–H and O–H groups in total. The van der Waals surface area contributed by atoms with Gasteiger partial charge in [0.15, 0.2) is 0 Å². The molecule has 0 amide bonds. The van der Waals surface area contributed by atoms with Gasteiger partial charge in [-0.1, -0.05) is 27.7 Å². The van der Waals surface area contributed by atoms with E-state index in [9.17, 15) is 0 Å². The molecule has 0 aliphatic carbocycles. The Morgan fingerprint density at radius 3 is 2.57 bits per heavy atom. The molecule has 1 aliphatic heterocycles. The molecule has 0 radical (unpaired) electrons. The smallest absolute Gasteiger partial charge is 0.0300 e. The minimum Gasteiger partial charge on any atom is -0.312 e. The molecular formula is C17H30N2S2. The summed E-state index contributed by atoms with van der Waals surface area (Å²) in [6.45, 7) is 17.2. The van der Waals surface area contributed by atoms with Crippen LogP contribution in [0.25, 0.3) is 0 Å². The lowest BCUT2D eigenvalue weighted by molar-refractivity contribution is 0.262. The van der Waals surface area contributed by atoms with Gasteiger partial charge < -0.3 is 5.32 Å². The Labute approximate surface area is 138 Å². The molecule has 0 spiro atoms. The zero-order valence-electron chi connectivity index (χ0n) is 14.1. The van der Waals surface area contributed by atoms with Crippen LogP contribution in [0.2, 0.25) is 0 Å². The molecule has 1 aromatic rings. The maximum Gasteiger partial charge on any atom is 0.0300 e. The van der Waals surface area contributed by atoms with E-state index in [0.717, 1.165) is 36.1 Å². The molecule has 1 aromatic heterocycles. The summed E-state index contributed by atoms with van der Waals surface area (Å²) in [4.78, 5) is 5.61. The van der Waals surface area contributed by atoms with Crippen LogP contribution in [-0.4, -0.2) is 35.0 Å². The number of hydrogen-bond donors (Lipinski definition) is 1. The van der Waals surface area contributed by atoms with Crippen LogP contribution in [0.15, 0.2) is 6.07 Å². The summed E-state index contributed by atoms with van der Waals surface area (Å²) < 4.78 is 0. The molecule has 1 fully saturated rings. The minimum absolute atomic E-state index is 0.722. The standard InChI is InChI=1S/C17H30N2S2/c1-12(2)7-18-8-17-6-16(15(5)21-17)11-19-9-13(3)20-14(4)10-19/h6,12-14,18H,7-11H2,1-5H3. The number of nitrogens with one attached hydrogen (secondary N) is 1. The number of rotatable bonds is 6. The summed E-state index contributed by atoms with van der Waals surface area (Å²) in [6, 6.07) is 2.42. The summed E-state index contributed by atoms with van der Waals surface area (Å²) in [5, 5.41) is 5.08. The SMILES string of the molecule is Cc1sc(CNCC(C)C)cc1CN1CC(C)SC(C)C1. The molecule has 21 heavy (non-hydrogen) atoms. The highest BCUT2D eigenvalue weighted by atomic mass is 32.2. The van der Waals surface area contributed by atoms with E-state index in [1.807, 2.05) is 11.3 Å². The summed E-state index contributed by atoms with van der Waals surface area (Å²) in [5.41, 5.74) is 1.53. The first kappa shape index (κ1) is 17.3. The summed E-state index contributed by atoms with van der Waals surface area (Å²) >= 11 is 4.09. The Kier molecular flexibility index (Phi) is 6.60. The molecule has 1 saturated heterocycles. The molecule has 2 rings (SSSR count). The Morgan fingerprint density at radius 2 is 1.95 bits per heavy atom. The van der Waals surface area contributed by atoms with Crippen molar-refractivity contribution in [1.82, 2.24) is 10.2 Å². The van der Waals surface area contributed by atoms with Crippen molar-refractivity contribution in [2.75, 3.05) is 19.6 Å². The normalized spacial score (nSPS) is 23.9. The van der Waals surface area contributed by atoms with Gasteiger partial charge in [-0.25, -0.2) is 0 Å². The number of aryl methyl sites for hydroxylation is 1. The van der Waals surface area contributed by atoms with Gasteiger partial charge in [0.05, 0.1) is 0 Å². The van der Waals surface area contributed by atoms with Crippen LogP contribution in [0.3, 0.4) is 0 Å². The quantitative estimate of drug-likeness (QED) is 0.846. The Morgan fingerprint density at radius 1 is 1.29 bits per heavy atom. The van der Waals surface area contributed by atoms with Gasteiger partial charge in [-0.15, -0.1) is 11.3 Å². The second kappa shape index (κ2) is 8.00. The monoisotopic (exact) mass is 326 g/mol. The van der Waals surface area contributed by atoms with Gasteiger partial charge in [0.25, 0.3) is 0 Å². The van der Waals surface area contributed by atoms with Crippen LogP contribution in [0.5, 0.6) is 0 Å². The van der Waals surface area contributed by atoms with Crippen molar-refractivity contribution in [3.8, 4) is 0 Å². The highest BCUT2D eigenvalue weighted by molar-refractivity contribution is 8.00. The zero-order chi connectivity index (χ0) is 15.4. The van der Waals surface area contributed by atoms with Crippen molar-refractivity contribution in [3.63, 3.8) is 0 Å². The Balaban J connectivity index is 1.89. The fourth-order valence-corrected chi connectivity index (χ4v) is 5.38. The van der Waals surface area contributed by atoms with E-state index in [-0.39, 0.29) is 0 Å². The topological polar surface area (TPSA) is 15.3 Å². The predicted octanol–water partition coefficient (Wildman–Crippen LogP) is 4.13. The lowest BCUT2D eigenvalue weighted by Crippen LogP contribution is -2.39. The molecule has 1 aliphatic rings. The molecule has 2 heterocycles. The molecular weight excluding hydrogens is 296 g/mol. The predicted molar refractivity (Wildman–Crippen MR) is 97.4 cm³/mol. The number of nitrogens with zero attached hydrogens (tertiary/aromatic N) is 1. The summed E-state index contributed by atoms with van der Waals surface area (Å²) in [6.07, 6.45) is 0. The van der Waals surface area contributed by atoms with E-state index in [2.05, 4.69) is 62.7 Å². The van der Waals surface area contributed by atoms with E-state index in [1.165, 1.54) is 28.4 Å². The van der Waals surface area contributed by atoms with Gasteiger partial charge in [-0.2, -0.15) is 11.8 Å². The number of thioether (sulfide) groups is 1. The molecule has 2 atom stereocenters. The van der Waals surface area contributed by atoms with Gasteiger partial charge in [-0.05, 0) is 31.0 Å². The second-order valence-electron chi connectivity index (χ2n) is 6.77. The average molecular weight is 327 g/mol. The van der Waals surface area contributed by atoms with Crippen molar-refractivity contribution in [3.05, 3.63) is 21.4 Å². The van der Waals surface area contributed by atoms with Crippen LogP contribution in [0, 0.1) is 12.8 Å². The van der Waals surface area contributed by atoms with E-state index in [4.69, 9.17) is 0 Å². The number of hydrogen-bond acceptors (Lipinski definition) is 4. The lowest BCUT2D eigenvalue weighted by atomic mass is 10.2. The third-order valence-corrected chi connectivity index (χ3v) is 6.13. The van der Waals surface area contributed by atoms with Crippen molar-refractivity contribution < 1.29 is 0 Å². The lowest BCUT2D eigenvalue weighted by Gasteiger charge is -2.34. The fraction of sp³-hybridized carbons (Fsp3) is 0.765. The van der Waals surface area contributed by atoms with Crippen LogP contribution >= 0.6 is 23.1 Å². The van der Waals surface area contributed by atoms with E-state index >= 15 is 0 Å². The van der Waals surface area contributed by atoms with Crippen LogP contribution in [0.4, 0.5) is 0 Å². The van der Waals surface area contributed by atoms with Crippen molar-refractivity contribution in [1.29, 1.82) is 0 Å². The first-order valence-corrected chi connectivity index (χ1v) is 9.86. The molecule has 0 bridgehead atoms.